The second-order valence-corrected chi connectivity index (χ2v) is 4.79. The monoisotopic (exact) mass is 295 g/mol. The molecule has 0 radical (unpaired) electrons. The number of rotatable bonds is 4. The van der Waals surface area contributed by atoms with Gasteiger partial charge in [-0.1, -0.05) is 18.2 Å². The van der Waals surface area contributed by atoms with E-state index in [4.69, 9.17) is 0 Å². The maximum Gasteiger partial charge on any atom is 0.244 e. The Morgan fingerprint density at radius 2 is 2.05 bits per heavy atom. The van der Waals surface area contributed by atoms with E-state index in [-0.39, 0.29) is 11.7 Å². The maximum absolute atomic E-state index is 12.8. The lowest BCUT2D eigenvalue weighted by Gasteiger charge is -2.02. The number of hydrogen-bond acceptors (Lipinski definition) is 2. The largest absolute Gasteiger partial charge is 0.348 e. The summed E-state index contributed by atoms with van der Waals surface area (Å²) in [6.45, 7) is 0.358. The molecule has 1 amide bonds. The number of nitrogens with zero attached hydrogens (tertiary/aromatic N) is 2. The molecule has 110 valence electrons. The lowest BCUT2D eigenvalue weighted by atomic mass is 10.2. The number of benzene rings is 1. The van der Waals surface area contributed by atoms with Gasteiger partial charge in [0, 0.05) is 18.8 Å². The molecule has 5 heteroatoms. The van der Waals surface area contributed by atoms with Crippen LogP contribution in [0.15, 0.2) is 60.9 Å². The molecule has 0 aliphatic heterocycles. The average molecular weight is 295 g/mol. The van der Waals surface area contributed by atoms with E-state index in [1.165, 1.54) is 18.2 Å². The molecule has 22 heavy (non-hydrogen) atoms. The number of carbonyl (C=O) groups excluding carboxylic acids is 1. The van der Waals surface area contributed by atoms with Crippen molar-refractivity contribution in [1.82, 2.24) is 14.7 Å². The molecule has 2 aromatic heterocycles. The maximum atomic E-state index is 12.8. The van der Waals surface area contributed by atoms with Gasteiger partial charge >= 0.3 is 0 Å². The van der Waals surface area contributed by atoms with Crippen molar-refractivity contribution in [3.05, 3.63) is 78.0 Å². The topological polar surface area (TPSA) is 46.4 Å². The number of nitrogens with one attached hydrogen (secondary N) is 1. The standard InChI is InChI=1S/C17H14FN3O/c18-14-6-4-13(5-7-14)11-20-17(22)9-8-15-12-19-16-3-1-2-10-21(15)16/h1-10,12H,11H2,(H,20,22)/b9-8+. The van der Waals surface area contributed by atoms with E-state index in [1.807, 2.05) is 28.8 Å². The number of hydrogen-bond donors (Lipinski definition) is 1. The van der Waals surface area contributed by atoms with Crippen molar-refractivity contribution in [2.45, 2.75) is 6.54 Å². The first-order valence-electron chi connectivity index (χ1n) is 6.85. The summed E-state index contributed by atoms with van der Waals surface area (Å²) >= 11 is 0. The summed E-state index contributed by atoms with van der Waals surface area (Å²) in [6.07, 6.45) is 6.76. The van der Waals surface area contributed by atoms with Gasteiger partial charge in [-0.2, -0.15) is 0 Å². The predicted molar refractivity (Wildman–Crippen MR) is 82.5 cm³/mol. The van der Waals surface area contributed by atoms with Crippen molar-refractivity contribution >= 4 is 17.6 Å². The highest BCUT2D eigenvalue weighted by molar-refractivity contribution is 5.91. The third kappa shape index (κ3) is 3.20. The summed E-state index contributed by atoms with van der Waals surface area (Å²) in [7, 11) is 0. The second-order valence-electron chi connectivity index (χ2n) is 4.79. The van der Waals surface area contributed by atoms with E-state index < -0.39 is 0 Å². The highest BCUT2D eigenvalue weighted by atomic mass is 19.1. The minimum absolute atomic E-state index is 0.213. The van der Waals surface area contributed by atoms with Gasteiger partial charge in [-0.15, -0.1) is 0 Å². The Kier molecular flexibility index (Phi) is 3.96. The first-order valence-corrected chi connectivity index (χ1v) is 6.85. The molecule has 0 unspecified atom stereocenters. The average Bonchev–Trinajstić information content (AvgIpc) is 2.96. The van der Waals surface area contributed by atoms with E-state index in [0.29, 0.717) is 6.54 Å². The minimum Gasteiger partial charge on any atom is -0.348 e. The van der Waals surface area contributed by atoms with Crippen LogP contribution in [0.2, 0.25) is 0 Å². The van der Waals surface area contributed by atoms with Crippen molar-refractivity contribution < 1.29 is 9.18 Å². The zero-order chi connectivity index (χ0) is 15.4. The lowest BCUT2D eigenvalue weighted by molar-refractivity contribution is -0.116. The van der Waals surface area contributed by atoms with Crippen LogP contribution in [0.1, 0.15) is 11.3 Å². The summed E-state index contributed by atoms with van der Waals surface area (Å²) < 4.78 is 14.7. The molecule has 1 aromatic carbocycles. The third-order valence-electron chi connectivity index (χ3n) is 3.23. The SMILES string of the molecule is O=C(/C=C/c1cnc2ccccn12)NCc1ccc(F)cc1. The Labute approximate surface area is 126 Å². The molecule has 4 nitrogen and oxygen atoms in total. The quantitative estimate of drug-likeness (QED) is 0.752. The molecule has 0 bridgehead atoms. The summed E-state index contributed by atoms with van der Waals surface area (Å²) in [5.41, 5.74) is 2.50. The van der Waals surface area contributed by atoms with Crippen LogP contribution in [-0.2, 0) is 11.3 Å². The van der Waals surface area contributed by atoms with E-state index in [9.17, 15) is 9.18 Å². The lowest BCUT2D eigenvalue weighted by Crippen LogP contribution is -2.20. The smallest absolute Gasteiger partial charge is 0.244 e. The second kappa shape index (κ2) is 6.22. The van der Waals surface area contributed by atoms with Gasteiger partial charge in [0.25, 0.3) is 0 Å². The van der Waals surface area contributed by atoms with Crippen LogP contribution in [0.3, 0.4) is 0 Å². The fourth-order valence-corrected chi connectivity index (χ4v) is 2.09. The normalized spacial score (nSPS) is 11.1. The van der Waals surface area contributed by atoms with Crippen molar-refractivity contribution in [3.63, 3.8) is 0 Å². The summed E-state index contributed by atoms with van der Waals surface area (Å²) in [5, 5.41) is 2.75. The zero-order valence-electron chi connectivity index (χ0n) is 11.7. The van der Waals surface area contributed by atoms with E-state index >= 15 is 0 Å². The number of carbonyl (C=O) groups is 1. The highest BCUT2D eigenvalue weighted by Crippen LogP contribution is 2.07. The van der Waals surface area contributed by atoms with Crippen LogP contribution >= 0.6 is 0 Å². The Bertz CT molecular complexity index is 821. The predicted octanol–water partition coefficient (Wildman–Crippen LogP) is 2.80. The molecular weight excluding hydrogens is 281 g/mol. The molecule has 1 N–H and O–H groups in total. The molecule has 0 saturated carbocycles. The molecule has 2 heterocycles. The Balaban J connectivity index is 1.62. The molecule has 0 aliphatic carbocycles. The van der Waals surface area contributed by atoms with Crippen LogP contribution in [0.25, 0.3) is 11.7 Å². The van der Waals surface area contributed by atoms with Gasteiger partial charge in [0.15, 0.2) is 0 Å². The van der Waals surface area contributed by atoms with Crippen LogP contribution < -0.4 is 5.32 Å². The van der Waals surface area contributed by atoms with Gasteiger partial charge < -0.3 is 9.72 Å². The molecule has 0 atom stereocenters. The van der Waals surface area contributed by atoms with Crippen LogP contribution in [-0.4, -0.2) is 15.3 Å². The Morgan fingerprint density at radius 3 is 2.86 bits per heavy atom. The molecule has 0 saturated heterocycles. The summed E-state index contributed by atoms with van der Waals surface area (Å²) in [6, 6.07) is 11.7. The molecule has 0 spiro atoms. The number of fused-ring (bicyclic) bond motifs is 1. The van der Waals surface area contributed by atoms with Crippen molar-refractivity contribution in [2.24, 2.45) is 0 Å². The van der Waals surface area contributed by atoms with Gasteiger partial charge in [-0.25, -0.2) is 9.37 Å². The van der Waals surface area contributed by atoms with Gasteiger partial charge in [0.1, 0.15) is 11.5 Å². The first kappa shape index (κ1) is 14.0. The van der Waals surface area contributed by atoms with Crippen LogP contribution in [0, 0.1) is 5.82 Å². The van der Waals surface area contributed by atoms with Gasteiger partial charge in [0.05, 0.1) is 11.9 Å². The van der Waals surface area contributed by atoms with Crippen molar-refractivity contribution in [2.75, 3.05) is 0 Å². The summed E-state index contributed by atoms with van der Waals surface area (Å²) in [5.74, 6) is -0.502. The van der Waals surface area contributed by atoms with E-state index in [1.54, 1.807) is 24.4 Å². The van der Waals surface area contributed by atoms with Crippen molar-refractivity contribution in [3.8, 4) is 0 Å². The van der Waals surface area contributed by atoms with Gasteiger partial charge in [-0.05, 0) is 35.9 Å². The number of pyridine rings is 1. The number of amides is 1. The number of imidazole rings is 1. The van der Waals surface area contributed by atoms with Gasteiger partial charge in [-0.3, -0.25) is 4.79 Å². The first-order chi connectivity index (χ1) is 10.7. The third-order valence-corrected chi connectivity index (χ3v) is 3.23. The molecule has 3 rings (SSSR count). The highest BCUT2D eigenvalue weighted by Gasteiger charge is 2.00. The molecule has 3 aromatic rings. The van der Waals surface area contributed by atoms with E-state index in [2.05, 4.69) is 10.3 Å². The Morgan fingerprint density at radius 1 is 1.23 bits per heavy atom. The van der Waals surface area contributed by atoms with Gasteiger partial charge in [0.2, 0.25) is 5.91 Å². The zero-order valence-corrected chi connectivity index (χ0v) is 11.7. The number of aromatic nitrogens is 2. The Hall–Kier alpha value is -2.95. The molecule has 0 aliphatic rings. The molecular formula is C17H14FN3O. The minimum atomic E-state index is -0.289. The fourth-order valence-electron chi connectivity index (χ4n) is 2.09. The van der Waals surface area contributed by atoms with Crippen LogP contribution in [0.4, 0.5) is 4.39 Å². The fraction of sp³-hybridized carbons (Fsp3) is 0.0588. The van der Waals surface area contributed by atoms with E-state index in [0.717, 1.165) is 16.9 Å². The molecule has 0 fully saturated rings. The summed E-state index contributed by atoms with van der Waals surface area (Å²) in [4.78, 5) is 16.1. The number of halogens is 1. The van der Waals surface area contributed by atoms with Crippen molar-refractivity contribution in [1.29, 1.82) is 0 Å². The van der Waals surface area contributed by atoms with Crippen LogP contribution in [0.5, 0.6) is 0 Å².